The van der Waals surface area contributed by atoms with Crippen molar-refractivity contribution in [2.75, 3.05) is 0 Å². The van der Waals surface area contributed by atoms with Crippen molar-refractivity contribution in [3.8, 4) is 0 Å². The fraction of sp³-hybridized carbons (Fsp3) is 0.0769. The molecule has 2 heterocycles. The number of halogens is 1. The Kier molecular flexibility index (Phi) is 5.07. The highest BCUT2D eigenvalue weighted by Gasteiger charge is 2.46. The van der Waals surface area contributed by atoms with Crippen LogP contribution in [-0.4, -0.2) is 21.7 Å². The van der Waals surface area contributed by atoms with Crippen LogP contribution >= 0.6 is 11.3 Å². The predicted molar refractivity (Wildman–Crippen MR) is 123 cm³/mol. The van der Waals surface area contributed by atoms with Gasteiger partial charge in [-0.25, -0.2) is 4.39 Å². The molecular weight excluding hydrogens is 425 g/mol. The van der Waals surface area contributed by atoms with Crippen LogP contribution in [0.5, 0.6) is 0 Å². The molecule has 1 amide bonds. The Morgan fingerprint density at radius 2 is 1.69 bits per heavy atom. The summed E-state index contributed by atoms with van der Waals surface area (Å²) in [5.74, 6) is -1.98. The van der Waals surface area contributed by atoms with E-state index >= 15 is 0 Å². The van der Waals surface area contributed by atoms with Crippen molar-refractivity contribution in [2.45, 2.75) is 12.6 Å². The Morgan fingerprint density at radius 3 is 2.41 bits per heavy atom. The molecule has 3 aromatic carbocycles. The zero-order valence-electron chi connectivity index (χ0n) is 16.9. The van der Waals surface area contributed by atoms with Crippen LogP contribution in [0.25, 0.3) is 16.5 Å². The van der Waals surface area contributed by atoms with Gasteiger partial charge in [0.05, 0.1) is 11.6 Å². The SMILES string of the molecule is O=C1C(=O)N(Cc2ccc(F)cc2)C(c2cccs2)/C1=C(/O)c1ccc2ccccc2c1. The Morgan fingerprint density at radius 1 is 0.938 bits per heavy atom. The summed E-state index contributed by atoms with van der Waals surface area (Å²) in [6, 6.07) is 21.9. The second-order valence-electron chi connectivity index (χ2n) is 7.63. The number of likely N-dealkylation sites (tertiary alicyclic amines) is 1. The lowest BCUT2D eigenvalue weighted by molar-refractivity contribution is -0.140. The third-order valence-corrected chi connectivity index (χ3v) is 6.57. The van der Waals surface area contributed by atoms with Crippen molar-refractivity contribution in [3.05, 3.63) is 112 Å². The van der Waals surface area contributed by atoms with Crippen molar-refractivity contribution >= 4 is 39.6 Å². The van der Waals surface area contributed by atoms with Crippen molar-refractivity contribution in [3.63, 3.8) is 0 Å². The van der Waals surface area contributed by atoms with Crippen molar-refractivity contribution in [1.82, 2.24) is 4.90 Å². The molecular formula is C26H18FNO3S. The number of aliphatic hydroxyl groups is 1. The maximum absolute atomic E-state index is 13.3. The summed E-state index contributed by atoms with van der Waals surface area (Å²) >= 11 is 1.41. The predicted octanol–water partition coefficient (Wildman–Crippen LogP) is 5.66. The summed E-state index contributed by atoms with van der Waals surface area (Å²) in [7, 11) is 0. The maximum atomic E-state index is 13.3. The molecule has 6 heteroatoms. The molecule has 1 fully saturated rings. The third kappa shape index (κ3) is 3.48. The molecule has 1 atom stereocenters. The molecule has 0 radical (unpaired) electrons. The normalized spacial score (nSPS) is 17.9. The van der Waals surface area contributed by atoms with Gasteiger partial charge in [-0.2, -0.15) is 0 Å². The first-order valence-corrected chi connectivity index (χ1v) is 11.0. The largest absolute Gasteiger partial charge is 0.507 e. The molecule has 0 aliphatic carbocycles. The lowest BCUT2D eigenvalue weighted by atomic mass is 9.98. The smallest absolute Gasteiger partial charge is 0.295 e. The molecule has 1 unspecified atom stereocenters. The molecule has 1 N–H and O–H groups in total. The van der Waals surface area contributed by atoms with E-state index in [1.807, 2.05) is 53.9 Å². The molecule has 1 aliphatic heterocycles. The lowest BCUT2D eigenvalue weighted by Crippen LogP contribution is -2.28. The van der Waals surface area contributed by atoms with E-state index < -0.39 is 17.7 Å². The van der Waals surface area contributed by atoms with Gasteiger partial charge in [-0.3, -0.25) is 9.59 Å². The number of aliphatic hydroxyl groups excluding tert-OH is 1. The number of ketones is 1. The van der Waals surface area contributed by atoms with E-state index in [9.17, 15) is 19.1 Å². The highest BCUT2D eigenvalue weighted by atomic mass is 32.1. The van der Waals surface area contributed by atoms with Gasteiger partial charge in [0.25, 0.3) is 11.7 Å². The van der Waals surface area contributed by atoms with Crippen LogP contribution in [0.4, 0.5) is 4.39 Å². The van der Waals surface area contributed by atoms with Crippen molar-refractivity contribution in [2.24, 2.45) is 0 Å². The van der Waals surface area contributed by atoms with Gasteiger partial charge in [0, 0.05) is 17.0 Å². The van der Waals surface area contributed by atoms with Crippen molar-refractivity contribution in [1.29, 1.82) is 0 Å². The number of carbonyl (C=O) groups excluding carboxylic acids is 2. The Labute approximate surface area is 187 Å². The topological polar surface area (TPSA) is 57.6 Å². The monoisotopic (exact) mass is 443 g/mol. The van der Waals surface area contributed by atoms with Crippen LogP contribution < -0.4 is 0 Å². The van der Waals surface area contributed by atoms with E-state index in [1.165, 1.54) is 28.4 Å². The van der Waals surface area contributed by atoms with Gasteiger partial charge < -0.3 is 10.0 Å². The van der Waals surface area contributed by atoms with E-state index in [0.29, 0.717) is 11.1 Å². The van der Waals surface area contributed by atoms with Crippen LogP contribution in [0.3, 0.4) is 0 Å². The van der Waals surface area contributed by atoms with E-state index in [-0.39, 0.29) is 23.7 Å². The van der Waals surface area contributed by atoms with Gasteiger partial charge in [0.15, 0.2) is 0 Å². The number of benzene rings is 3. The number of carbonyl (C=O) groups is 2. The zero-order chi connectivity index (χ0) is 22.2. The van der Waals surface area contributed by atoms with E-state index in [1.54, 1.807) is 18.2 Å². The van der Waals surface area contributed by atoms with Gasteiger partial charge >= 0.3 is 0 Å². The number of fused-ring (bicyclic) bond motifs is 1. The van der Waals surface area contributed by atoms with Gasteiger partial charge in [-0.05, 0) is 46.0 Å². The van der Waals surface area contributed by atoms with E-state index in [4.69, 9.17) is 0 Å². The fourth-order valence-electron chi connectivity index (χ4n) is 4.06. The minimum Gasteiger partial charge on any atom is -0.507 e. The fourth-order valence-corrected chi connectivity index (χ4v) is 4.91. The van der Waals surface area contributed by atoms with Gasteiger partial charge in [0.2, 0.25) is 0 Å². The quantitative estimate of drug-likeness (QED) is 0.251. The molecule has 4 aromatic rings. The summed E-state index contributed by atoms with van der Waals surface area (Å²) in [6.45, 7) is 0.127. The second-order valence-corrected chi connectivity index (χ2v) is 8.61. The molecule has 0 bridgehead atoms. The summed E-state index contributed by atoms with van der Waals surface area (Å²) in [5, 5.41) is 15.0. The molecule has 0 saturated carbocycles. The first-order valence-electron chi connectivity index (χ1n) is 10.1. The molecule has 0 spiro atoms. The number of hydrogen-bond donors (Lipinski definition) is 1. The van der Waals surface area contributed by atoms with Gasteiger partial charge in [-0.15, -0.1) is 11.3 Å². The molecule has 32 heavy (non-hydrogen) atoms. The standard InChI is InChI=1S/C26H18FNO3S/c27-20-11-7-16(8-12-20)15-28-23(21-6-3-13-32-21)22(25(30)26(28)31)24(29)19-10-9-17-4-1-2-5-18(17)14-19/h1-14,23,29H,15H2/b24-22-. The highest BCUT2D eigenvalue weighted by molar-refractivity contribution is 7.10. The Balaban J connectivity index is 1.63. The lowest BCUT2D eigenvalue weighted by Gasteiger charge is -2.24. The van der Waals surface area contributed by atoms with Crippen LogP contribution in [0, 0.1) is 5.82 Å². The van der Waals surface area contributed by atoms with E-state index in [2.05, 4.69) is 0 Å². The maximum Gasteiger partial charge on any atom is 0.295 e. The molecule has 1 aromatic heterocycles. The number of nitrogens with zero attached hydrogens (tertiary/aromatic N) is 1. The molecule has 158 valence electrons. The van der Waals surface area contributed by atoms with Crippen LogP contribution in [0.15, 0.2) is 89.8 Å². The Bertz CT molecular complexity index is 1360. The number of hydrogen-bond acceptors (Lipinski definition) is 4. The first kappa shape index (κ1) is 20.2. The number of Topliss-reactive ketones (excluding diaryl/α,β-unsaturated/α-hetero) is 1. The van der Waals surface area contributed by atoms with Crippen LogP contribution in [0.1, 0.15) is 22.0 Å². The second kappa shape index (κ2) is 8.05. The molecule has 4 nitrogen and oxygen atoms in total. The van der Waals surface area contributed by atoms with Crippen LogP contribution in [-0.2, 0) is 16.1 Å². The highest BCUT2D eigenvalue weighted by Crippen LogP contribution is 2.42. The molecule has 5 rings (SSSR count). The summed E-state index contributed by atoms with van der Waals surface area (Å²) in [5.41, 5.74) is 1.24. The van der Waals surface area contributed by atoms with Gasteiger partial charge in [-0.1, -0.05) is 54.6 Å². The summed E-state index contributed by atoms with van der Waals surface area (Å²) < 4.78 is 13.3. The first-order chi connectivity index (χ1) is 15.5. The Hall–Kier alpha value is -3.77. The van der Waals surface area contributed by atoms with Crippen molar-refractivity contribution < 1.29 is 19.1 Å². The van der Waals surface area contributed by atoms with Crippen LogP contribution in [0.2, 0.25) is 0 Å². The number of rotatable bonds is 4. The number of amides is 1. The molecule has 1 saturated heterocycles. The summed E-state index contributed by atoms with van der Waals surface area (Å²) in [6.07, 6.45) is 0. The summed E-state index contributed by atoms with van der Waals surface area (Å²) in [4.78, 5) is 28.3. The van der Waals surface area contributed by atoms with Gasteiger partial charge in [0.1, 0.15) is 11.6 Å². The average Bonchev–Trinajstić information content (AvgIpc) is 3.42. The number of thiophene rings is 1. The zero-order valence-corrected chi connectivity index (χ0v) is 17.7. The average molecular weight is 443 g/mol. The minimum atomic E-state index is -0.726. The third-order valence-electron chi connectivity index (χ3n) is 5.64. The molecule has 1 aliphatic rings. The minimum absolute atomic E-state index is 0.0647. The van der Waals surface area contributed by atoms with E-state index in [0.717, 1.165) is 15.6 Å².